The summed E-state index contributed by atoms with van der Waals surface area (Å²) in [4.78, 5) is 0. The Labute approximate surface area is 185 Å². The molecule has 0 N–H and O–H groups in total. The molecule has 0 saturated heterocycles. The topological polar surface area (TPSA) is 45.7 Å². The maximum atomic E-state index is 9.33. The molecule has 32 heavy (non-hydrogen) atoms. The van der Waals surface area contributed by atoms with E-state index in [1.165, 1.54) is 0 Å². The Morgan fingerprint density at radius 3 is 2.44 bits per heavy atom. The third-order valence-corrected chi connectivity index (χ3v) is 6.23. The highest BCUT2D eigenvalue weighted by atomic mass is 16.3. The molecule has 4 nitrogen and oxygen atoms in total. The summed E-state index contributed by atoms with van der Waals surface area (Å²) in [6.07, 6.45) is 0. The summed E-state index contributed by atoms with van der Waals surface area (Å²) in [6, 6.07) is 31.0. The van der Waals surface area contributed by atoms with Crippen LogP contribution < -0.4 is 4.57 Å². The molecule has 0 fully saturated rings. The van der Waals surface area contributed by atoms with Crippen LogP contribution in [0.15, 0.2) is 89.3 Å². The highest BCUT2D eigenvalue weighted by Crippen LogP contribution is 2.39. The van der Waals surface area contributed by atoms with E-state index >= 15 is 0 Å². The predicted octanol–water partition coefficient (Wildman–Crippen LogP) is 6.20. The minimum Gasteiger partial charge on any atom is -0.455 e. The van der Waals surface area contributed by atoms with E-state index < -0.39 is 0 Å². The van der Waals surface area contributed by atoms with E-state index in [-0.39, 0.29) is 0 Å². The molecule has 0 bridgehead atoms. The highest BCUT2D eigenvalue weighted by molar-refractivity contribution is 6.10. The molecule has 0 unspecified atom stereocenters. The molecule has 0 aliphatic rings. The van der Waals surface area contributed by atoms with Crippen molar-refractivity contribution in [1.82, 2.24) is 4.57 Å². The lowest BCUT2D eigenvalue weighted by atomic mass is 10.0. The number of nitriles is 1. The molecule has 0 saturated carbocycles. The van der Waals surface area contributed by atoms with Crippen molar-refractivity contribution in [3.63, 3.8) is 0 Å². The van der Waals surface area contributed by atoms with Crippen molar-refractivity contribution in [2.24, 2.45) is 7.05 Å². The standard InChI is InChI=1S/C28H20N3O/c1-18-12-14-22-21-15-13-19(17-29)16-25(21)32-27(22)26(18)28-30(2)23-10-6-7-11-24(23)31(28)20-8-4-3-5-9-20/h3-16H,1-2H3/q+1. The van der Waals surface area contributed by atoms with Gasteiger partial charge in [-0.1, -0.05) is 42.5 Å². The Bertz CT molecular complexity index is 1700. The van der Waals surface area contributed by atoms with Crippen LogP contribution in [-0.2, 0) is 7.05 Å². The highest BCUT2D eigenvalue weighted by Gasteiger charge is 2.30. The van der Waals surface area contributed by atoms with Gasteiger partial charge in [0.2, 0.25) is 0 Å². The summed E-state index contributed by atoms with van der Waals surface area (Å²) in [6.45, 7) is 2.12. The van der Waals surface area contributed by atoms with Gasteiger partial charge < -0.3 is 4.42 Å². The molecular weight excluding hydrogens is 394 g/mol. The molecule has 4 aromatic carbocycles. The zero-order valence-electron chi connectivity index (χ0n) is 17.8. The lowest BCUT2D eigenvalue weighted by molar-refractivity contribution is -0.633. The van der Waals surface area contributed by atoms with Crippen LogP contribution >= 0.6 is 0 Å². The Balaban J connectivity index is 1.79. The largest absolute Gasteiger partial charge is 0.455 e. The number of nitrogens with zero attached hydrogens (tertiary/aromatic N) is 3. The first-order valence-corrected chi connectivity index (χ1v) is 10.6. The lowest BCUT2D eigenvalue weighted by Gasteiger charge is -2.07. The number of hydrogen-bond acceptors (Lipinski definition) is 2. The summed E-state index contributed by atoms with van der Waals surface area (Å²) >= 11 is 0. The predicted molar refractivity (Wildman–Crippen MR) is 127 cm³/mol. The molecule has 0 amide bonds. The van der Waals surface area contributed by atoms with Gasteiger partial charge in [0.25, 0.3) is 5.82 Å². The van der Waals surface area contributed by atoms with Gasteiger partial charge >= 0.3 is 0 Å². The first kappa shape index (κ1) is 18.4. The molecule has 2 aromatic heterocycles. The normalized spacial score (nSPS) is 11.4. The minimum absolute atomic E-state index is 0.596. The van der Waals surface area contributed by atoms with Crippen LogP contribution in [0.3, 0.4) is 0 Å². The van der Waals surface area contributed by atoms with Gasteiger partial charge in [0.1, 0.15) is 16.8 Å². The first-order valence-electron chi connectivity index (χ1n) is 10.6. The molecule has 6 aromatic rings. The Morgan fingerprint density at radius 2 is 1.62 bits per heavy atom. The second-order valence-corrected chi connectivity index (χ2v) is 8.10. The van der Waals surface area contributed by atoms with E-state index in [0.29, 0.717) is 5.56 Å². The van der Waals surface area contributed by atoms with Gasteiger partial charge in [-0.25, -0.2) is 4.57 Å². The number of furan rings is 1. The molecule has 0 spiro atoms. The Kier molecular flexibility index (Phi) is 3.93. The number of aromatic nitrogens is 2. The van der Waals surface area contributed by atoms with Crippen molar-refractivity contribution in [1.29, 1.82) is 5.26 Å². The van der Waals surface area contributed by atoms with Gasteiger partial charge in [-0.05, 0) is 55.0 Å². The van der Waals surface area contributed by atoms with Crippen molar-refractivity contribution >= 4 is 33.0 Å². The number of benzene rings is 4. The van der Waals surface area contributed by atoms with Crippen molar-refractivity contribution in [3.05, 3.63) is 96.1 Å². The molecule has 2 heterocycles. The molecule has 0 radical (unpaired) electrons. The fourth-order valence-corrected chi connectivity index (χ4v) is 4.72. The van der Waals surface area contributed by atoms with Crippen LogP contribution in [0.1, 0.15) is 11.1 Å². The van der Waals surface area contributed by atoms with Crippen LogP contribution in [0.2, 0.25) is 0 Å². The van der Waals surface area contributed by atoms with E-state index in [1.807, 2.05) is 24.3 Å². The minimum atomic E-state index is 0.596. The van der Waals surface area contributed by atoms with E-state index in [1.54, 1.807) is 0 Å². The van der Waals surface area contributed by atoms with Crippen LogP contribution in [0.4, 0.5) is 0 Å². The van der Waals surface area contributed by atoms with Gasteiger partial charge in [-0.3, -0.25) is 0 Å². The molecule has 0 aliphatic heterocycles. The van der Waals surface area contributed by atoms with Crippen molar-refractivity contribution in [2.75, 3.05) is 0 Å². The summed E-state index contributed by atoms with van der Waals surface area (Å²) in [5, 5.41) is 11.4. The third kappa shape index (κ3) is 2.52. The zero-order chi connectivity index (χ0) is 21.8. The zero-order valence-corrected chi connectivity index (χ0v) is 17.8. The quantitative estimate of drug-likeness (QED) is 0.317. The molecule has 0 atom stereocenters. The summed E-state index contributed by atoms with van der Waals surface area (Å²) in [5.41, 5.74) is 7.73. The number of hydrogen-bond donors (Lipinski definition) is 0. The van der Waals surface area contributed by atoms with Gasteiger partial charge in [0, 0.05) is 10.8 Å². The molecular formula is C28H20N3O+. The van der Waals surface area contributed by atoms with Crippen LogP contribution in [0, 0.1) is 18.3 Å². The summed E-state index contributed by atoms with van der Waals surface area (Å²) in [7, 11) is 2.10. The van der Waals surface area contributed by atoms with Gasteiger partial charge in [-0.2, -0.15) is 9.83 Å². The van der Waals surface area contributed by atoms with Gasteiger partial charge in [0.15, 0.2) is 16.6 Å². The van der Waals surface area contributed by atoms with Crippen molar-refractivity contribution in [3.8, 4) is 23.1 Å². The van der Waals surface area contributed by atoms with Crippen molar-refractivity contribution in [2.45, 2.75) is 6.92 Å². The number of fused-ring (bicyclic) bond motifs is 4. The molecule has 152 valence electrons. The van der Waals surface area contributed by atoms with Crippen molar-refractivity contribution < 1.29 is 8.98 Å². The fraction of sp³-hybridized carbons (Fsp3) is 0.0714. The number of rotatable bonds is 2. The summed E-state index contributed by atoms with van der Waals surface area (Å²) < 4.78 is 11.0. The second kappa shape index (κ2) is 6.83. The van der Waals surface area contributed by atoms with E-state index in [9.17, 15) is 5.26 Å². The first-order chi connectivity index (χ1) is 15.7. The average molecular weight is 414 g/mol. The van der Waals surface area contributed by atoms with Crippen LogP contribution in [0.25, 0.3) is 50.0 Å². The number of imidazole rings is 1. The Morgan fingerprint density at radius 1 is 0.875 bits per heavy atom. The second-order valence-electron chi connectivity index (χ2n) is 8.10. The third-order valence-electron chi connectivity index (χ3n) is 6.23. The van der Waals surface area contributed by atoms with Gasteiger partial charge in [0.05, 0.1) is 18.7 Å². The monoisotopic (exact) mass is 414 g/mol. The molecule has 6 rings (SSSR count). The van der Waals surface area contributed by atoms with Crippen LogP contribution in [0.5, 0.6) is 0 Å². The summed E-state index contributed by atoms with van der Waals surface area (Å²) in [5.74, 6) is 1.06. The van der Waals surface area contributed by atoms with E-state index in [4.69, 9.17) is 4.42 Å². The molecule has 4 heteroatoms. The maximum absolute atomic E-state index is 9.33. The number of aryl methyl sites for hydroxylation is 2. The lowest BCUT2D eigenvalue weighted by Crippen LogP contribution is -2.30. The Hall–Kier alpha value is -4.36. The molecule has 0 aliphatic carbocycles. The van der Waals surface area contributed by atoms with Crippen LogP contribution in [-0.4, -0.2) is 4.57 Å². The van der Waals surface area contributed by atoms with E-state index in [2.05, 4.69) is 89.8 Å². The SMILES string of the molecule is Cc1ccc2c(oc3cc(C#N)ccc32)c1-c1n(-c2ccccc2)c2ccccc2[n+]1C. The maximum Gasteiger partial charge on any atom is 0.298 e. The number of para-hydroxylation sites is 3. The fourth-order valence-electron chi connectivity index (χ4n) is 4.72. The van der Waals surface area contributed by atoms with Gasteiger partial charge in [-0.15, -0.1) is 0 Å². The average Bonchev–Trinajstić information content (AvgIpc) is 3.34. The van der Waals surface area contributed by atoms with E-state index in [0.717, 1.165) is 55.6 Å². The smallest absolute Gasteiger partial charge is 0.298 e.